The standard InChI is InChI=1S/C8H8F2N2O4/c1-16-6-2-5(12(14)15)4(3-13)7(11-6)8(9)10/h2,8,13H,3H2,1H3. The van der Waals surface area contributed by atoms with Gasteiger partial charge in [-0.1, -0.05) is 0 Å². The molecular formula is C8H8F2N2O4. The number of aromatic nitrogens is 1. The molecule has 1 aromatic heterocycles. The van der Waals surface area contributed by atoms with Gasteiger partial charge in [0.2, 0.25) is 5.88 Å². The number of methoxy groups -OCH3 is 1. The number of hydrogen-bond donors (Lipinski definition) is 1. The number of pyridine rings is 1. The molecule has 0 saturated heterocycles. The molecule has 0 spiro atoms. The third-order valence-electron chi connectivity index (χ3n) is 1.88. The summed E-state index contributed by atoms with van der Waals surface area (Å²) < 4.78 is 29.6. The first kappa shape index (κ1) is 12.2. The molecule has 6 nitrogen and oxygen atoms in total. The van der Waals surface area contributed by atoms with E-state index >= 15 is 0 Å². The molecule has 88 valence electrons. The average Bonchev–Trinajstić information content (AvgIpc) is 2.26. The molecule has 1 N–H and O–H groups in total. The molecule has 0 aliphatic carbocycles. The summed E-state index contributed by atoms with van der Waals surface area (Å²) in [7, 11) is 1.15. The molecule has 0 radical (unpaired) electrons. The lowest BCUT2D eigenvalue weighted by Crippen LogP contribution is -2.05. The number of rotatable bonds is 4. The fraction of sp³-hybridized carbons (Fsp3) is 0.375. The van der Waals surface area contributed by atoms with Crippen molar-refractivity contribution in [2.24, 2.45) is 0 Å². The Morgan fingerprint density at radius 1 is 1.69 bits per heavy atom. The molecule has 16 heavy (non-hydrogen) atoms. The maximum atomic E-state index is 12.5. The van der Waals surface area contributed by atoms with E-state index in [0.717, 1.165) is 13.2 Å². The van der Waals surface area contributed by atoms with Gasteiger partial charge in [-0.3, -0.25) is 10.1 Å². The quantitative estimate of drug-likeness (QED) is 0.629. The van der Waals surface area contributed by atoms with Crippen molar-refractivity contribution < 1.29 is 23.5 Å². The van der Waals surface area contributed by atoms with Crippen molar-refractivity contribution >= 4 is 5.69 Å². The van der Waals surface area contributed by atoms with Gasteiger partial charge in [-0.25, -0.2) is 13.8 Å². The van der Waals surface area contributed by atoms with Gasteiger partial charge >= 0.3 is 0 Å². The van der Waals surface area contributed by atoms with Gasteiger partial charge in [-0.05, 0) is 0 Å². The second-order valence-corrected chi connectivity index (χ2v) is 2.76. The number of nitro groups is 1. The van der Waals surface area contributed by atoms with Gasteiger partial charge in [0, 0.05) is 0 Å². The third kappa shape index (κ3) is 2.22. The number of hydrogen-bond acceptors (Lipinski definition) is 5. The molecule has 1 heterocycles. The largest absolute Gasteiger partial charge is 0.481 e. The van der Waals surface area contributed by atoms with E-state index in [-0.39, 0.29) is 5.88 Å². The lowest BCUT2D eigenvalue weighted by molar-refractivity contribution is -0.386. The summed E-state index contributed by atoms with van der Waals surface area (Å²) in [6, 6.07) is 0.886. The van der Waals surface area contributed by atoms with Crippen molar-refractivity contribution in [2.45, 2.75) is 13.0 Å². The number of aliphatic hydroxyl groups excluding tert-OH is 1. The van der Waals surface area contributed by atoms with Crippen LogP contribution in [0.2, 0.25) is 0 Å². The summed E-state index contributed by atoms with van der Waals surface area (Å²) in [5, 5.41) is 19.4. The van der Waals surface area contributed by atoms with E-state index in [4.69, 9.17) is 5.11 Å². The first-order chi connectivity index (χ1) is 7.51. The number of nitrogens with zero attached hydrogens (tertiary/aromatic N) is 2. The Hall–Kier alpha value is -1.83. The highest BCUT2D eigenvalue weighted by Crippen LogP contribution is 2.31. The van der Waals surface area contributed by atoms with Crippen LogP contribution in [0.25, 0.3) is 0 Å². The Balaban J connectivity index is 3.46. The maximum Gasteiger partial charge on any atom is 0.282 e. The minimum atomic E-state index is -3.02. The molecule has 8 heteroatoms. The van der Waals surface area contributed by atoms with Crippen LogP contribution in [0.15, 0.2) is 6.07 Å². The number of ether oxygens (including phenoxy) is 1. The fourth-order valence-corrected chi connectivity index (χ4v) is 1.16. The predicted molar refractivity (Wildman–Crippen MR) is 48.3 cm³/mol. The Morgan fingerprint density at radius 2 is 2.31 bits per heavy atom. The molecule has 0 amide bonds. The van der Waals surface area contributed by atoms with Crippen LogP contribution in [0.5, 0.6) is 5.88 Å². The lowest BCUT2D eigenvalue weighted by Gasteiger charge is -2.08. The van der Waals surface area contributed by atoms with Crippen LogP contribution < -0.4 is 4.74 Å². The number of alkyl halides is 2. The third-order valence-corrected chi connectivity index (χ3v) is 1.88. The maximum absolute atomic E-state index is 12.5. The van der Waals surface area contributed by atoms with E-state index in [9.17, 15) is 18.9 Å². The van der Waals surface area contributed by atoms with Crippen molar-refractivity contribution in [1.29, 1.82) is 0 Å². The molecule has 0 unspecified atom stereocenters. The van der Waals surface area contributed by atoms with Gasteiger partial charge < -0.3 is 9.84 Å². The molecule has 1 rings (SSSR count). The summed E-state index contributed by atoms with van der Waals surface area (Å²) in [4.78, 5) is 13.1. The van der Waals surface area contributed by atoms with E-state index in [1.807, 2.05) is 0 Å². The van der Waals surface area contributed by atoms with Gasteiger partial charge in [-0.2, -0.15) is 0 Å². The second kappa shape index (κ2) is 4.79. The molecule has 0 saturated carbocycles. The van der Waals surface area contributed by atoms with Crippen molar-refractivity contribution in [3.05, 3.63) is 27.4 Å². The van der Waals surface area contributed by atoms with E-state index in [0.29, 0.717) is 0 Å². The lowest BCUT2D eigenvalue weighted by atomic mass is 10.1. The highest BCUT2D eigenvalue weighted by molar-refractivity contribution is 5.46. The minimum absolute atomic E-state index is 0.292. The van der Waals surface area contributed by atoms with Gasteiger partial charge in [0.1, 0.15) is 5.69 Å². The second-order valence-electron chi connectivity index (χ2n) is 2.76. The highest BCUT2D eigenvalue weighted by atomic mass is 19.3. The molecule has 0 aliphatic rings. The summed E-state index contributed by atoms with van der Waals surface area (Å²) in [5.41, 5.74) is -1.97. The SMILES string of the molecule is COc1cc([N+](=O)[O-])c(CO)c(C(F)F)n1. The molecule has 0 fully saturated rings. The molecule has 0 aliphatic heterocycles. The summed E-state index contributed by atoms with van der Waals surface area (Å²) >= 11 is 0. The van der Waals surface area contributed by atoms with Gasteiger partial charge in [0.05, 0.1) is 30.3 Å². The van der Waals surface area contributed by atoms with Crippen LogP contribution in [0.3, 0.4) is 0 Å². The van der Waals surface area contributed by atoms with Crippen LogP contribution in [-0.4, -0.2) is 22.1 Å². The van der Waals surface area contributed by atoms with Gasteiger partial charge in [0.25, 0.3) is 12.1 Å². The molecule has 0 atom stereocenters. The Kier molecular flexibility index (Phi) is 3.67. The van der Waals surface area contributed by atoms with Crippen molar-refractivity contribution in [3.8, 4) is 5.88 Å². The van der Waals surface area contributed by atoms with Crippen molar-refractivity contribution in [2.75, 3.05) is 7.11 Å². The van der Waals surface area contributed by atoms with E-state index in [1.165, 1.54) is 0 Å². The summed E-state index contributed by atoms with van der Waals surface area (Å²) in [5.74, 6) is -0.292. The van der Waals surface area contributed by atoms with E-state index in [1.54, 1.807) is 0 Å². The van der Waals surface area contributed by atoms with Crippen LogP contribution in [0.1, 0.15) is 17.7 Å². The van der Waals surface area contributed by atoms with Crippen LogP contribution in [0.4, 0.5) is 14.5 Å². The number of halogens is 2. The Bertz CT molecular complexity index is 411. The zero-order valence-electron chi connectivity index (χ0n) is 8.18. The normalized spacial score (nSPS) is 10.6. The Morgan fingerprint density at radius 3 is 2.69 bits per heavy atom. The monoisotopic (exact) mass is 234 g/mol. The molecule has 1 aromatic rings. The molecule has 0 bridgehead atoms. The molecule has 0 aromatic carbocycles. The van der Waals surface area contributed by atoms with Crippen LogP contribution >= 0.6 is 0 Å². The Labute approximate surface area is 88.6 Å². The minimum Gasteiger partial charge on any atom is -0.481 e. The van der Waals surface area contributed by atoms with Gasteiger partial charge in [-0.15, -0.1) is 0 Å². The number of aliphatic hydroxyl groups is 1. The van der Waals surface area contributed by atoms with Crippen molar-refractivity contribution in [1.82, 2.24) is 4.98 Å². The topological polar surface area (TPSA) is 85.5 Å². The highest BCUT2D eigenvalue weighted by Gasteiger charge is 2.25. The predicted octanol–water partition coefficient (Wildman–Crippen LogP) is 1.43. The van der Waals surface area contributed by atoms with Crippen LogP contribution in [0, 0.1) is 10.1 Å². The summed E-state index contributed by atoms with van der Waals surface area (Å²) in [6.45, 7) is -0.882. The zero-order valence-corrected chi connectivity index (χ0v) is 8.18. The first-order valence-corrected chi connectivity index (χ1v) is 4.12. The van der Waals surface area contributed by atoms with Crippen LogP contribution in [-0.2, 0) is 6.61 Å². The smallest absolute Gasteiger partial charge is 0.282 e. The zero-order chi connectivity index (χ0) is 12.3. The average molecular weight is 234 g/mol. The van der Waals surface area contributed by atoms with Crippen molar-refractivity contribution in [3.63, 3.8) is 0 Å². The van der Waals surface area contributed by atoms with E-state index in [2.05, 4.69) is 9.72 Å². The fourth-order valence-electron chi connectivity index (χ4n) is 1.16. The van der Waals surface area contributed by atoms with E-state index < -0.39 is 34.9 Å². The van der Waals surface area contributed by atoms with Gasteiger partial charge in [0.15, 0.2) is 0 Å². The summed E-state index contributed by atoms with van der Waals surface area (Å²) in [6.07, 6.45) is -3.02. The molecular weight excluding hydrogens is 226 g/mol. The first-order valence-electron chi connectivity index (χ1n) is 4.12.